The second-order valence-electron chi connectivity index (χ2n) is 5.59. The lowest BCUT2D eigenvalue weighted by Crippen LogP contribution is -2.19. The highest BCUT2D eigenvalue weighted by Crippen LogP contribution is 2.28. The van der Waals surface area contributed by atoms with E-state index < -0.39 is 10.0 Å². The molecular formula is C18H18N2O4S. The lowest BCUT2D eigenvalue weighted by molar-refractivity contribution is 0.410. The first-order valence-corrected chi connectivity index (χ1v) is 9.09. The number of aryl methyl sites for hydroxylation is 1. The van der Waals surface area contributed by atoms with E-state index in [4.69, 9.17) is 9.15 Å². The number of fused-ring (bicyclic) bond motifs is 1. The van der Waals surface area contributed by atoms with Gasteiger partial charge in [-0.05, 0) is 38.1 Å². The predicted molar refractivity (Wildman–Crippen MR) is 96.5 cm³/mol. The van der Waals surface area contributed by atoms with E-state index in [9.17, 15) is 8.42 Å². The third-order valence-electron chi connectivity index (χ3n) is 3.75. The number of para-hydroxylation sites is 1. The Morgan fingerprint density at radius 2 is 1.88 bits per heavy atom. The molecule has 2 aromatic carbocycles. The minimum absolute atomic E-state index is 0.154. The Balaban J connectivity index is 1.87. The maximum Gasteiger partial charge on any atom is 0.276 e. The maximum absolute atomic E-state index is 12.3. The van der Waals surface area contributed by atoms with E-state index in [0.717, 1.165) is 10.9 Å². The smallest absolute Gasteiger partial charge is 0.276 e. The molecule has 0 radical (unpaired) electrons. The van der Waals surface area contributed by atoms with E-state index in [-0.39, 0.29) is 4.90 Å². The molecule has 6 nitrogen and oxygen atoms in total. The Hall–Kier alpha value is -2.80. The summed E-state index contributed by atoms with van der Waals surface area (Å²) in [4.78, 5) is 2.39. The predicted octanol–water partition coefficient (Wildman–Crippen LogP) is 3.45. The van der Waals surface area contributed by atoms with Gasteiger partial charge in [-0.25, -0.2) is 0 Å². The summed E-state index contributed by atoms with van der Waals surface area (Å²) in [5.41, 5.74) is 1.99. The molecule has 1 N–H and O–H groups in total. The van der Waals surface area contributed by atoms with Crippen molar-refractivity contribution in [1.29, 1.82) is 0 Å². The molecule has 0 atom stereocenters. The topological polar surface area (TPSA) is 80.9 Å². The fourth-order valence-corrected chi connectivity index (χ4v) is 3.19. The summed E-state index contributed by atoms with van der Waals surface area (Å²) in [5.74, 6) is 1.07. The van der Waals surface area contributed by atoms with Crippen LogP contribution in [0.25, 0.3) is 11.0 Å². The molecule has 130 valence electrons. The molecule has 3 rings (SSSR count). The van der Waals surface area contributed by atoms with Crippen molar-refractivity contribution in [2.24, 2.45) is 5.10 Å². The van der Waals surface area contributed by atoms with E-state index in [1.54, 1.807) is 38.3 Å². The fraction of sp³-hybridized carbons (Fsp3) is 0.167. The van der Waals surface area contributed by atoms with Gasteiger partial charge in [0.05, 0.1) is 12.0 Å². The first kappa shape index (κ1) is 17.0. The van der Waals surface area contributed by atoms with E-state index in [0.29, 0.717) is 22.8 Å². The number of furan rings is 1. The molecule has 0 aliphatic rings. The van der Waals surface area contributed by atoms with Gasteiger partial charge in [0.15, 0.2) is 17.1 Å². The Morgan fingerprint density at radius 3 is 2.56 bits per heavy atom. The molecule has 0 spiro atoms. The van der Waals surface area contributed by atoms with Crippen molar-refractivity contribution in [2.45, 2.75) is 18.7 Å². The van der Waals surface area contributed by atoms with Gasteiger partial charge in [-0.3, -0.25) is 0 Å². The summed E-state index contributed by atoms with van der Waals surface area (Å²) in [6.45, 7) is 3.56. The molecule has 1 heterocycles. The van der Waals surface area contributed by atoms with Crippen molar-refractivity contribution in [3.8, 4) is 5.75 Å². The Kier molecular flexibility index (Phi) is 4.50. The zero-order valence-electron chi connectivity index (χ0n) is 14.1. The SMILES string of the molecule is COc1cccc2cc(/C(C)=N\NS(=O)(=O)c3ccc(C)cc3)oc12. The summed E-state index contributed by atoms with van der Waals surface area (Å²) in [6.07, 6.45) is 0. The Morgan fingerprint density at radius 1 is 1.16 bits per heavy atom. The second-order valence-corrected chi connectivity index (χ2v) is 7.26. The molecule has 0 aliphatic carbocycles. The van der Waals surface area contributed by atoms with Gasteiger partial charge in [-0.2, -0.15) is 18.4 Å². The molecule has 0 bridgehead atoms. The molecule has 25 heavy (non-hydrogen) atoms. The first-order chi connectivity index (χ1) is 11.9. The van der Waals surface area contributed by atoms with Crippen LogP contribution in [0.2, 0.25) is 0 Å². The monoisotopic (exact) mass is 358 g/mol. The van der Waals surface area contributed by atoms with Crippen LogP contribution in [-0.4, -0.2) is 21.2 Å². The average molecular weight is 358 g/mol. The number of sulfonamides is 1. The van der Waals surface area contributed by atoms with Crippen LogP contribution in [0.1, 0.15) is 18.2 Å². The molecule has 0 saturated carbocycles. The average Bonchev–Trinajstić information content (AvgIpc) is 3.04. The number of benzene rings is 2. The van der Waals surface area contributed by atoms with Crippen molar-refractivity contribution in [3.05, 3.63) is 59.9 Å². The molecule has 0 aliphatic heterocycles. The summed E-state index contributed by atoms with van der Waals surface area (Å²) >= 11 is 0. The van der Waals surface area contributed by atoms with Crippen LogP contribution in [0.3, 0.4) is 0 Å². The highest BCUT2D eigenvalue weighted by molar-refractivity contribution is 7.89. The van der Waals surface area contributed by atoms with Crippen LogP contribution >= 0.6 is 0 Å². The molecule has 7 heteroatoms. The van der Waals surface area contributed by atoms with Crippen LogP contribution < -0.4 is 9.57 Å². The number of methoxy groups -OCH3 is 1. The summed E-state index contributed by atoms with van der Waals surface area (Å²) < 4.78 is 35.6. The maximum atomic E-state index is 12.3. The zero-order chi connectivity index (χ0) is 18.0. The van der Waals surface area contributed by atoms with Crippen molar-refractivity contribution < 1.29 is 17.6 Å². The van der Waals surface area contributed by atoms with Gasteiger partial charge < -0.3 is 9.15 Å². The molecule has 0 saturated heterocycles. The number of hydrogen-bond acceptors (Lipinski definition) is 5. The molecule has 3 aromatic rings. The minimum Gasteiger partial charge on any atom is -0.493 e. The van der Waals surface area contributed by atoms with Crippen molar-refractivity contribution >= 4 is 26.7 Å². The third kappa shape index (κ3) is 3.51. The summed E-state index contributed by atoms with van der Waals surface area (Å²) in [7, 11) is -2.16. The largest absolute Gasteiger partial charge is 0.493 e. The number of hydrogen-bond donors (Lipinski definition) is 1. The molecule has 1 aromatic heterocycles. The fourth-order valence-electron chi connectivity index (χ4n) is 2.33. The number of nitrogens with zero attached hydrogens (tertiary/aromatic N) is 1. The van der Waals surface area contributed by atoms with E-state index in [1.165, 1.54) is 12.1 Å². The van der Waals surface area contributed by atoms with E-state index in [2.05, 4.69) is 9.93 Å². The minimum atomic E-state index is -3.73. The summed E-state index contributed by atoms with van der Waals surface area (Å²) in [5, 5.41) is 4.81. The highest BCUT2D eigenvalue weighted by Gasteiger charge is 2.14. The van der Waals surface area contributed by atoms with Crippen molar-refractivity contribution in [3.63, 3.8) is 0 Å². The zero-order valence-corrected chi connectivity index (χ0v) is 14.9. The molecule has 0 fully saturated rings. The Labute approximate surface area is 146 Å². The van der Waals surface area contributed by atoms with E-state index >= 15 is 0 Å². The molecule has 0 amide bonds. The van der Waals surface area contributed by atoms with Gasteiger partial charge in [-0.15, -0.1) is 0 Å². The van der Waals surface area contributed by atoms with Crippen LogP contribution in [0.4, 0.5) is 0 Å². The van der Waals surface area contributed by atoms with E-state index in [1.807, 2.05) is 19.1 Å². The van der Waals surface area contributed by atoms with Crippen LogP contribution in [-0.2, 0) is 10.0 Å². The van der Waals surface area contributed by atoms with Crippen molar-refractivity contribution in [1.82, 2.24) is 4.83 Å². The number of ether oxygens (including phenoxy) is 1. The standard InChI is InChI=1S/C18H18N2O4S/c1-12-7-9-15(10-8-12)25(21,22)20-19-13(2)17-11-14-5-4-6-16(23-3)18(14)24-17/h4-11,20H,1-3H3/b19-13-. The van der Waals surface area contributed by atoms with Crippen LogP contribution in [0, 0.1) is 6.92 Å². The van der Waals surface area contributed by atoms with Crippen molar-refractivity contribution in [2.75, 3.05) is 7.11 Å². The van der Waals surface area contributed by atoms with Gasteiger partial charge in [0.1, 0.15) is 5.71 Å². The highest BCUT2D eigenvalue weighted by atomic mass is 32.2. The van der Waals surface area contributed by atoms with Crippen LogP contribution in [0.5, 0.6) is 5.75 Å². The summed E-state index contributed by atoms with van der Waals surface area (Å²) in [6, 6.07) is 13.9. The van der Waals surface area contributed by atoms with Gasteiger partial charge in [0.2, 0.25) is 0 Å². The van der Waals surface area contributed by atoms with Gasteiger partial charge in [0.25, 0.3) is 10.0 Å². The number of hydrazone groups is 1. The second kappa shape index (κ2) is 6.60. The number of rotatable bonds is 5. The number of nitrogens with one attached hydrogen (secondary N) is 1. The normalized spacial score (nSPS) is 12.4. The third-order valence-corrected chi connectivity index (χ3v) is 4.97. The van der Waals surface area contributed by atoms with Gasteiger partial charge in [0, 0.05) is 5.39 Å². The lowest BCUT2D eigenvalue weighted by Gasteiger charge is -2.04. The molecule has 0 unspecified atom stereocenters. The first-order valence-electron chi connectivity index (χ1n) is 7.60. The quantitative estimate of drug-likeness (QED) is 0.559. The van der Waals surface area contributed by atoms with Crippen LogP contribution in [0.15, 0.2) is 62.9 Å². The molecular weight excluding hydrogens is 340 g/mol. The Bertz CT molecular complexity index is 1030. The van der Waals surface area contributed by atoms with Gasteiger partial charge >= 0.3 is 0 Å². The van der Waals surface area contributed by atoms with Gasteiger partial charge in [-0.1, -0.05) is 29.8 Å². The lowest BCUT2D eigenvalue weighted by atomic mass is 10.2.